The smallest absolute Gasteiger partial charge is 0.423 e. The summed E-state index contributed by atoms with van der Waals surface area (Å²) in [7, 11) is -1.69. The molecule has 0 saturated carbocycles. The van der Waals surface area contributed by atoms with Crippen LogP contribution in [-0.2, 0) is 9.59 Å². The predicted molar refractivity (Wildman–Crippen MR) is 67.9 cm³/mol. The molecule has 0 aromatic heterocycles. The monoisotopic (exact) mass is 265 g/mol. The first-order valence-corrected chi connectivity index (χ1v) is 5.13. The second-order valence-electron chi connectivity index (χ2n) is 3.48. The highest BCUT2D eigenvalue weighted by Crippen LogP contribution is 2.07. The van der Waals surface area contributed by atoms with E-state index in [1.165, 1.54) is 6.20 Å². The lowest BCUT2D eigenvalue weighted by atomic mass is 9.80. The number of rotatable bonds is 5. The van der Waals surface area contributed by atoms with Crippen LogP contribution in [0.5, 0.6) is 0 Å². The van der Waals surface area contributed by atoms with Crippen molar-refractivity contribution in [1.82, 2.24) is 10.6 Å². The molecule has 0 fully saturated rings. The number of hydrogen-bond acceptors (Lipinski definition) is 7. The van der Waals surface area contributed by atoms with Crippen molar-refractivity contribution in [1.29, 1.82) is 5.41 Å². The molecule has 0 atom stereocenters. The Bertz CT molecular complexity index is 497. The number of aliphatic imine (C=N–C) groups is 1. The van der Waals surface area contributed by atoms with Crippen LogP contribution in [0.3, 0.4) is 0 Å². The summed E-state index contributed by atoms with van der Waals surface area (Å²) in [6.45, 7) is -0.358. The van der Waals surface area contributed by atoms with Crippen LogP contribution in [0.25, 0.3) is 0 Å². The van der Waals surface area contributed by atoms with Crippen molar-refractivity contribution in [2.45, 2.75) is 0 Å². The molecular weight excluding hydrogens is 253 g/mol. The molecule has 0 radical (unpaired) electrons. The highest BCUT2D eigenvalue weighted by molar-refractivity contribution is 6.57. The first-order chi connectivity index (χ1) is 8.95. The molecule has 1 aliphatic heterocycles. The first kappa shape index (κ1) is 14.6. The van der Waals surface area contributed by atoms with Crippen molar-refractivity contribution in [3.63, 3.8) is 0 Å². The van der Waals surface area contributed by atoms with Crippen molar-refractivity contribution in [2.24, 2.45) is 10.7 Å². The van der Waals surface area contributed by atoms with Crippen molar-refractivity contribution in [3.05, 3.63) is 23.1 Å². The molecule has 0 saturated heterocycles. The van der Waals surface area contributed by atoms with E-state index in [0.29, 0.717) is 0 Å². The number of nitrogens with one attached hydrogen (secondary N) is 3. The maximum atomic E-state index is 11.6. The fourth-order valence-corrected chi connectivity index (χ4v) is 1.16. The van der Waals surface area contributed by atoms with E-state index < -0.39 is 18.9 Å². The van der Waals surface area contributed by atoms with Gasteiger partial charge in [-0.05, 0) is 0 Å². The number of nitrogens with zero attached hydrogens (tertiary/aromatic N) is 1. The van der Waals surface area contributed by atoms with Crippen LogP contribution in [0.4, 0.5) is 0 Å². The van der Waals surface area contributed by atoms with Gasteiger partial charge in [-0.15, -0.1) is 0 Å². The topological polar surface area (TPSA) is 161 Å². The number of allylic oxidation sites excluding steroid dienone is 1. The van der Waals surface area contributed by atoms with Gasteiger partial charge in [0.05, 0.1) is 12.1 Å². The maximum absolute atomic E-state index is 11.6. The van der Waals surface area contributed by atoms with E-state index in [-0.39, 0.29) is 23.4 Å². The van der Waals surface area contributed by atoms with Crippen LogP contribution in [0.1, 0.15) is 0 Å². The van der Waals surface area contributed by atoms with Crippen LogP contribution in [0, 0.1) is 5.41 Å². The van der Waals surface area contributed by atoms with Crippen molar-refractivity contribution in [2.75, 3.05) is 6.54 Å². The Hall–Kier alpha value is -2.46. The molecule has 0 aliphatic carbocycles. The van der Waals surface area contributed by atoms with E-state index in [0.717, 1.165) is 12.4 Å². The summed E-state index contributed by atoms with van der Waals surface area (Å²) in [5.74, 6) is -1.37. The van der Waals surface area contributed by atoms with Gasteiger partial charge in [-0.25, -0.2) is 4.99 Å². The minimum absolute atomic E-state index is 0.0429. The summed E-state index contributed by atoms with van der Waals surface area (Å²) in [5.41, 5.74) is 4.85. The van der Waals surface area contributed by atoms with Crippen molar-refractivity contribution >= 4 is 31.4 Å². The van der Waals surface area contributed by atoms with Gasteiger partial charge in [0.1, 0.15) is 5.82 Å². The molecule has 10 heteroatoms. The Morgan fingerprint density at radius 3 is 2.68 bits per heavy atom. The zero-order valence-electron chi connectivity index (χ0n) is 9.75. The third-order valence-electron chi connectivity index (χ3n) is 2.08. The number of hydrogen-bond donors (Lipinski definition) is 6. The fourth-order valence-electron chi connectivity index (χ4n) is 1.16. The van der Waals surface area contributed by atoms with E-state index in [1.807, 2.05) is 0 Å². The van der Waals surface area contributed by atoms with Gasteiger partial charge in [-0.2, -0.15) is 0 Å². The van der Waals surface area contributed by atoms with Gasteiger partial charge in [0.15, 0.2) is 0 Å². The van der Waals surface area contributed by atoms with E-state index in [4.69, 9.17) is 21.2 Å². The average molecular weight is 265 g/mol. The second kappa shape index (κ2) is 6.47. The maximum Gasteiger partial charge on any atom is 0.491 e. The normalized spacial score (nSPS) is 16.0. The zero-order valence-corrected chi connectivity index (χ0v) is 9.75. The van der Waals surface area contributed by atoms with E-state index in [2.05, 4.69) is 15.6 Å². The Kier molecular flexibility index (Phi) is 4.97. The van der Waals surface area contributed by atoms with Gasteiger partial charge in [0, 0.05) is 24.1 Å². The minimum atomic E-state index is -1.69. The van der Waals surface area contributed by atoms with Gasteiger partial charge in [-0.3, -0.25) is 9.59 Å². The molecule has 0 bridgehead atoms. The quantitative estimate of drug-likeness (QED) is 0.177. The second-order valence-corrected chi connectivity index (χ2v) is 3.48. The highest BCUT2D eigenvalue weighted by Gasteiger charge is 2.19. The molecule has 0 aromatic rings. The van der Waals surface area contributed by atoms with Gasteiger partial charge in [-0.1, -0.05) is 0 Å². The lowest BCUT2D eigenvalue weighted by molar-refractivity contribution is -0.122. The zero-order chi connectivity index (χ0) is 14.4. The Morgan fingerprint density at radius 2 is 2.26 bits per heavy atom. The van der Waals surface area contributed by atoms with Crippen LogP contribution >= 0.6 is 0 Å². The molecule has 9 nitrogen and oxygen atoms in total. The summed E-state index contributed by atoms with van der Waals surface area (Å²) in [6, 6.07) is 0. The fraction of sp³-hybridized carbons (Fsp3) is 0.111. The van der Waals surface area contributed by atoms with E-state index in [9.17, 15) is 9.59 Å². The lowest BCUT2D eigenvalue weighted by Gasteiger charge is -2.12. The molecule has 1 heterocycles. The predicted octanol–water partition coefficient (Wildman–Crippen LogP) is -2.98. The third-order valence-corrected chi connectivity index (χ3v) is 2.08. The molecule has 19 heavy (non-hydrogen) atoms. The van der Waals surface area contributed by atoms with Gasteiger partial charge >= 0.3 is 7.12 Å². The van der Waals surface area contributed by atoms with Gasteiger partial charge < -0.3 is 31.8 Å². The number of carbonyl (C=O) groups is 2. The molecule has 0 unspecified atom stereocenters. The average Bonchev–Trinajstić information content (AvgIpc) is 2.37. The number of nitrogens with two attached hydrogens (primary N) is 1. The molecule has 7 N–H and O–H groups in total. The third kappa shape index (κ3) is 4.05. The van der Waals surface area contributed by atoms with Crippen LogP contribution in [-0.4, -0.2) is 48.0 Å². The molecule has 1 aliphatic rings. The Morgan fingerprint density at radius 1 is 1.58 bits per heavy atom. The van der Waals surface area contributed by atoms with Crippen LogP contribution < -0.4 is 16.4 Å². The summed E-state index contributed by atoms with van der Waals surface area (Å²) < 4.78 is 0. The summed E-state index contributed by atoms with van der Waals surface area (Å²) in [4.78, 5) is 25.9. The summed E-state index contributed by atoms with van der Waals surface area (Å²) in [6.07, 6.45) is 3.13. The highest BCUT2D eigenvalue weighted by atomic mass is 16.4. The van der Waals surface area contributed by atoms with Crippen LogP contribution in [0.15, 0.2) is 28.1 Å². The Balaban J connectivity index is 2.83. The molecule has 2 amide bonds. The lowest BCUT2D eigenvalue weighted by Crippen LogP contribution is -2.35. The molecule has 0 aromatic carbocycles. The minimum Gasteiger partial charge on any atom is -0.423 e. The number of carbonyl (C=O) groups excluding carboxylic acids is 2. The van der Waals surface area contributed by atoms with Gasteiger partial charge in [0.25, 0.3) is 5.91 Å². The SMILES string of the molecule is N=C/C(C(=O)NCC(N)=O)=C1/N=CC(B(O)O)=CN1. The largest absolute Gasteiger partial charge is 0.491 e. The number of primary amides is 1. The molecule has 0 spiro atoms. The standard InChI is InChI=1S/C9H12BN5O4/c11-1-6(9(17)15-4-7(12)16)8-13-2-5(3-14-8)10(18)19/h1-3,11,13,18-19H,4H2,(H2,12,16)(H,15,17)/b8-6-,11-1?. The van der Waals surface area contributed by atoms with E-state index in [1.54, 1.807) is 0 Å². The van der Waals surface area contributed by atoms with Crippen LogP contribution in [0.2, 0.25) is 0 Å². The summed E-state index contributed by atoms with van der Waals surface area (Å²) in [5, 5.41) is 29.7. The summed E-state index contributed by atoms with van der Waals surface area (Å²) >= 11 is 0. The molecule has 100 valence electrons. The molecule has 1 rings (SSSR count). The van der Waals surface area contributed by atoms with Crippen molar-refractivity contribution < 1.29 is 19.6 Å². The molecular formula is C9H12BN5O4. The Labute approximate surface area is 108 Å². The van der Waals surface area contributed by atoms with E-state index >= 15 is 0 Å². The van der Waals surface area contributed by atoms with Gasteiger partial charge in [0.2, 0.25) is 5.91 Å². The van der Waals surface area contributed by atoms with Crippen molar-refractivity contribution in [3.8, 4) is 0 Å². The number of amides is 2. The first-order valence-electron chi connectivity index (χ1n) is 5.13.